The van der Waals surface area contributed by atoms with Gasteiger partial charge >= 0.3 is 6.09 Å². The first-order valence-electron chi connectivity index (χ1n) is 16.3. The predicted molar refractivity (Wildman–Crippen MR) is 194 cm³/mol. The smallest absolute Gasteiger partial charge is 0.410 e. The van der Waals surface area contributed by atoms with E-state index in [0.29, 0.717) is 52.0 Å². The Hall–Kier alpha value is -5.27. The van der Waals surface area contributed by atoms with Crippen molar-refractivity contribution in [1.29, 1.82) is 0 Å². The number of nitrogens with zero attached hydrogens (tertiary/aromatic N) is 5. The molecule has 3 aromatic heterocycles. The molecular formula is C37H35Cl2FN6O6. The van der Waals surface area contributed by atoms with E-state index in [-0.39, 0.29) is 58.5 Å². The molecule has 12 nitrogen and oxygen atoms in total. The number of fused-ring (bicyclic) bond motifs is 1. The fraction of sp³-hybridized carbons (Fsp3) is 0.297. The molecule has 2 amide bonds. The summed E-state index contributed by atoms with van der Waals surface area (Å²) < 4.78 is 29.7. The summed E-state index contributed by atoms with van der Waals surface area (Å²) in [6.07, 6.45) is 2.30. The van der Waals surface area contributed by atoms with Gasteiger partial charge < -0.3 is 19.7 Å². The monoisotopic (exact) mass is 748 g/mol. The van der Waals surface area contributed by atoms with E-state index < -0.39 is 23.1 Å². The molecule has 6 rings (SSSR count). The van der Waals surface area contributed by atoms with Crippen LogP contribution in [0.3, 0.4) is 0 Å². The van der Waals surface area contributed by atoms with Gasteiger partial charge in [-0.1, -0.05) is 59.6 Å². The Bertz CT molecular complexity index is 2300. The van der Waals surface area contributed by atoms with Crippen LogP contribution in [0.25, 0.3) is 39.0 Å². The van der Waals surface area contributed by atoms with Gasteiger partial charge in [0.05, 0.1) is 35.0 Å². The summed E-state index contributed by atoms with van der Waals surface area (Å²) in [5.41, 5.74) is 1.92. The molecule has 1 aliphatic heterocycles. The molecule has 1 N–H and O–H groups in total. The molecule has 0 bridgehead atoms. The van der Waals surface area contributed by atoms with Crippen molar-refractivity contribution in [1.82, 2.24) is 29.4 Å². The third-order valence-electron chi connectivity index (χ3n) is 8.61. The van der Waals surface area contributed by atoms with Crippen LogP contribution in [0.5, 0.6) is 5.88 Å². The first-order valence-corrected chi connectivity index (χ1v) is 17.1. The number of hydrogen-bond acceptors (Lipinski definition) is 8. The highest BCUT2D eigenvalue weighted by atomic mass is 35.5. The topological polar surface area (TPSA) is 137 Å². The summed E-state index contributed by atoms with van der Waals surface area (Å²) in [7, 11) is 2.82. The number of pyridine rings is 1. The number of aromatic nitrogens is 4. The van der Waals surface area contributed by atoms with Crippen molar-refractivity contribution in [3.8, 4) is 39.4 Å². The second kappa shape index (κ2) is 14.4. The number of amides is 2. The number of halogens is 3. The lowest BCUT2D eigenvalue weighted by Crippen LogP contribution is -2.44. The zero-order valence-electron chi connectivity index (χ0n) is 29.0. The van der Waals surface area contributed by atoms with Gasteiger partial charge in [0, 0.05) is 66.1 Å². The van der Waals surface area contributed by atoms with Crippen molar-refractivity contribution >= 4 is 47.0 Å². The molecule has 1 unspecified atom stereocenters. The zero-order chi connectivity index (χ0) is 37.5. The van der Waals surface area contributed by atoms with Crippen LogP contribution in [0.2, 0.25) is 10.0 Å². The SMILES string of the molecule is COc1nc(-c2cccc(-c3cccc(-c4cc5c(=O)n(C)c(C=O)nn5c4)c3Cl)c2Cl)cc(F)c1CN(CC1CCC(=O)N1)C(=O)OC(C)(C)C. The summed E-state index contributed by atoms with van der Waals surface area (Å²) in [5.74, 6) is -0.894. The normalized spacial score (nSPS) is 14.4. The van der Waals surface area contributed by atoms with Crippen molar-refractivity contribution < 1.29 is 28.2 Å². The van der Waals surface area contributed by atoms with Crippen molar-refractivity contribution in [2.24, 2.45) is 7.05 Å². The highest BCUT2D eigenvalue weighted by Gasteiger charge is 2.30. The molecule has 5 aromatic rings. The Labute approximate surface area is 308 Å². The van der Waals surface area contributed by atoms with Crippen LogP contribution in [-0.2, 0) is 23.1 Å². The third kappa shape index (κ3) is 7.24. The van der Waals surface area contributed by atoms with E-state index in [4.69, 9.17) is 32.7 Å². The molecule has 1 saturated heterocycles. The van der Waals surface area contributed by atoms with Gasteiger partial charge in [-0.05, 0) is 33.3 Å². The minimum absolute atomic E-state index is 0.0222. The average Bonchev–Trinajstić information content (AvgIpc) is 3.72. The largest absolute Gasteiger partial charge is 0.481 e. The molecule has 2 aromatic carbocycles. The van der Waals surface area contributed by atoms with Crippen LogP contribution in [0.4, 0.5) is 9.18 Å². The van der Waals surface area contributed by atoms with Gasteiger partial charge in [0.25, 0.3) is 5.56 Å². The molecule has 1 fully saturated rings. The number of methoxy groups -OCH3 is 1. The van der Waals surface area contributed by atoms with E-state index in [9.17, 15) is 19.2 Å². The third-order valence-corrected chi connectivity index (χ3v) is 9.42. The highest BCUT2D eigenvalue weighted by Crippen LogP contribution is 2.43. The lowest BCUT2D eigenvalue weighted by Gasteiger charge is -2.29. The molecule has 52 heavy (non-hydrogen) atoms. The number of carbonyl (C=O) groups is 3. The number of hydrogen-bond donors (Lipinski definition) is 1. The molecule has 0 saturated carbocycles. The minimum Gasteiger partial charge on any atom is -0.481 e. The first-order chi connectivity index (χ1) is 24.7. The summed E-state index contributed by atoms with van der Waals surface area (Å²) >= 11 is 14.0. The van der Waals surface area contributed by atoms with Gasteiger partial charge in [-0.25, -0.2) is 18.7 Å². The van der Waals surface area contributed by atoms with E-state index in [1.807, 2.05) is 0 Å². The molecule has 4 heterocycles. The number of aldehydes is 1. The number of rotatable bonds is 9. The summed E-state index contributed by atoms with van der Waals surface area (Å²) in [6, 6.07) is 13.1. The van der Waals surface area contributed by atoms with E-state index in [1.54, 1.807) is 69.4 Å². The summed E-state index contributed by atoms with van der Waals surface area (Å²) in [4.78, 5) is 55.3. The van der Waals surface area contributed by atoms with Crippen LogP contribution in [0, 0.1) is 5.82 Å². The Morgan fingerprint density at radius 3 is 2.35 bits per heavy atom. The van der Waals surface area contributed by atoms with Gasteiger partial charge in [-0.3, -0.25) is 19.0 Å². The van der Waals surface area contributed by atoms with E-state index in [0.717, 1.165) is 0 Å². The fourth-order valence-electron chi connectivity index (χ4n) is 6.07. The van der Waals surface area contributed by atoms with Gasteiger partial charge in [-0.2, -0.15) is 0 Å². The second-order valence-electron chi connectivity index (χ2n) is 13.4. The van der Waals surface area contributed by atoms with Crippen LogP contribution >= 0.6 is 23.2 Å². The summed E-state index contributed by atoms with van der Waals surface area (Å²) in [5, 5.41) is 7.63. The number of benzene rings is 2. The van der Waals surface area contributed by atoms with Gasteiger partial charge in [0.15, 0.2) is 12.1 Å². The maximum atomic E-state index is 16.1. The molecule has 0 spiro atoms. The Balaban J connectivity index is 1.35. The number of nitrogens with one attached hydrogen (secondary N) is 1. The fourth-order valence-corrected chi connectivity index (χ4v) is 6.73. The van der Waals surface area contributed by atoms with Crippen LogP contribution in [0.1, 0.15) is 49.8 Å². The Morgan fingerprint density at radius 2 is 1.73 bits per heavy atom. The minimum atomic E-state index is -0.809. The first kappa shape index (κ1) is 36.5. The van der Waals surface area contributed by atoms with Gasteiger partial charge in [-0.15, -0.1) is 5.10 Å². The molecular weight excluding hydrogens is 714 g/mol. The van der Waals surface area contributed by atoms with Crippen molar-refractivity contribution in [2.45, 2.75) is 51.8 Å². The maximum Gasteiger partial charge on any atom is 0.410 e. The maximum absolute atomic E-state index is 16.1. The van der Waals surface area contributed by atoms with E-state index in [1.165, 1.54) is 34.2 Å². The van der Waals surface area contributed by atoms with Gasteiger partial charge in [0.2, 0.25) is 11.8 Å². The highest BCUT2D eigenvalue weighted by molar-refractivity contribution is 6.39. The second-order valence-corrected chi connectivity index (χ2v) is 14.1. The molecule has 1 atom stereocenters. The zero-order valence-corrected chi connectivity index (χ0v) is 30.5. The molecule has 15 heteroatoms. The Kier molecular flexibility index (Phi) is 10.1. The van der Waals surface area contributed by atoms with Crippen LogP contribution in [-0.4, -0.2) is 67.6 Å². The average molecular weight is 750 g/mol. The van der Waals surface area contributed by atoms with Crippen LogP contribution < -0.4 is 15.6 Å². The molecule has 0 radical (unpaired) electrons. The van der Waals surface area contributed by atoms with Crippen LogP contribution in [0.15, 0.2) is 59.5 Å². The number of ether oxygens (including phenoxy) is 2. The van der Waals surface area contributed by atoms with Crippen molar-refractivity contribution in [3.63, 3.8) is 0 Å². The Morgan fingerprint density at radius 1 is 1.08 bits per heavy atom. The summed E-state index contributed by atoms with van der Waals surface area (Å²) in [6.45, 7) is 5.06. The standard InChI is InChI=1S/C37H35Cl2FN6O6/c1-37(2,3)52-36(50)45(17-21-12-13-31(48)41-21)18-26-27(40)15-28(42-34(26)51-5)25-11-7-10-24(33(25)39)23-9-6-8-22(32(23)38)20-14-29-35(49)44(4)30(19-47)43-46(29)16-20/h6-11,14-16,19,21H,12-13,17-18H2,1-5H3,(H,41,48). The van der Waals surface area contributed by atoms with E-state index >= 15 is 4.39 Å². The lowest BCUT2D eigenvalue weighted by molar-refractivity contribution is -0.119. The number of carbonyl (C=O) groups excluding carboxylic acids is 3. The molecule has 270 valence electrons. The lowest BCUT2D eigenvalue weighted by atomic mass is 9.97. The quantitative estimate of drug-likeness (QED) is 0.164. The van der Waals surface area contributed by atoms with Crippen molar-refractivity contribution in [2.75, 3.05) is 13.7 Å². The predicted octanol–water partition coefficient (Wildman–Crippen LogP) is 6.71. The van der Waals surface area contributed by atoms with Gasteiger partial charge in [0.1, 0.15) is 16.9 Å². The van der Waals surface area contributed by atoms with Crippen molar-refractivity contribution in [3.05, 3.63) is 92.3 Å². The molecule has 1 aliphatic rings. The molecule has 0 aliphatic carbocycles. The van der Waals surface area contributed by atoms with E-state index in [2.05, 4.69) is 15.4 Å².